The van der Waals surface area contributed by atoms with Crippen molar-refractivity contribution in [1.29, 1.82) is 0 Å². The van der Waals surface area contributed by atoms with Crippen molar-refractivity contribution in [2.45, 2.75) is 44.6 Å². The van der Waals surface area contributed by atoms with Gasteiger partial charge < -0.3 is 5.32 Å². The number of rotatable bonds is 6. The monoisotopic (exact) mass is 468 g/mol. The topological polar surface area (TPSA) is 101 Å². The first-order valence-corrected chi connectivity index (χ1v) is 12.6. The van der Waals surface area contributed by atoms with Gasteiger partial charge in [-0.25, -0.2) is 13.1 Å². The van der Waals surface area contributed by atoms with E-state index in [1.54, 1.807) is 42.5 Å². The van der Waals surface area contributed by atoms with E-state index in [1.807, 2.05) is 13.8 Å². The number of nitrogens with one attached hydrogen (secondary N) is 1. The molecular formula is C24H28N4O4S. The van der Waals surface area contributed by atoms with Gasteiger partial charge in [-0.15, -0.1) is 0 Å². The van der Waals surface area contributed by atoms with Crippen molar-refractivity contribution in [1.82, 2.24) is 14.1 Å². The molecule has 1 N–H and O–H groups in total. The van der Waals surface area contributed by atoms with Crippen LogP contribution in [0, 0.1) is 5.92 Å². The molecule has 0 unspecified atom stereocenters. The number of hydrogen-bond donors (Lipinski definition) is 1. The lowest BCUT2D eigenvalue weighted by atomic mass is 10.1. The lowest BCUT2D eigenvalue weighted by Gasteiger charge is -2.26. The summed E-state index contributed by atoms with van der Waals surface area (Å²) in [4.78, 5) is 26.2. The SMILES string of the molecule is CC(C)Cn1nc(C(=O)Nc2ccccc2S(=O)(=O)N2CCCCC2)c2ccccc2c1=O. The zero-order chi connectivity index (χ0) is 23.6. The molecule has 174 valence electrons. The first-order chi connectivity index (χ1) is 15.8. The third kappa shape index (κ3) is 4.69. The fraction of sp³-hybridized carbons (Fsp3) is 0.375. The molecule has 0 saturated carbocycles. The summed E-state index contributed by atoms with van der Waals surface area (Å²) in [5.41, 5.74) is 0.0144. The van der Waals surface area contributed by atoms with Gasteiger partial charge >= 0.3 is 0 Å². The predicted octanol–water partition coefficient (Wildman–Crippen LogP) is 3.48. The van der Waals surface area contributed by atoms with E-state index < -0.39 is 15.9 Å². The molecular weight excluding hydrogens is 440 g/mol. The minimum Gasteiger partial charge on any atom is -0.319 e. The molecule has 2 heterocycles. The minimum atomic E-state index is -3.75. The Balaban J connectivity index is 1.74. The van der Waals surface area contributed by atoms with Gasteiger partial charge in [0.15, 0.2) is 5.69 Å². The standard InChI is InChI=1S/C24H28N4O4S/c1-17(2)16-28-24(30)19-11-5-4-10-18(19)22(26-28)23(29)25-20-12-6-7-13-21(20)33(31,32)27-14-8-3-9-15-27/h4-7,10-13,17H,3,8-9,14-16H2,1-2H3,(H,25,29). The second-order valence-corrected chi connectivity index (χ2v) is 10.6. The highest BCUT2D eigenvalue weighted by atomic mass is 32.2. The van der Waals surface area contributed by atoms with E-state index in [2.05, 4.69) is 10.4 Å². The Kier molecular flexibility index (Phi) is 6.62. The number of sulfonamides is 1. The normalized spacial score (nSPS) is 15.1. The van der Waals surface area contributed by atoms with Crippen molar-refractivity contribution < 1.29 is 13.2 Å². The first-order valence-electron chi connectivity index (χ1n) is 11.2. The molecule has 0 spiro atoms. The van der Waals surface area contributed by atoms with Crippen LogP contribution in [0.1, 0.15) is 43.6 Å². The Morgan fingerprint density at radius 1 is 1.00 bits per heavy atom. The van der Waals surface area contributed by atoms with Crippen LogP contribution in [0.4, 0.5) is 5.69 Å². The average molecular weight is 469 g/mol. The number of anilines is 1. The summed E-state index contributed by atoms with van der Waals surface area (Å²) in [5, 5.41) is 7.92. The van der Waals surface area contributed by atoms with Gasteiger partial charge in [0.25, 0.3) is 11.5 Å². The maximum absolute atomic E-state index is 13.3. The second kappa shape index (κ2) is 9.44. The fourth-order valence-electron chi connectivity index (χ4n) is 4.09. The highest BCUT2D eigenvalue weighted by molar-refractivity contribution is 7.89. The third-order valence-electron chi connectivity index (χ3n) is 5.69. The van der Waals surface area contributed by atoms with Gasteiger partial charge in [0.2, 0.25) is 10.0 Å². The molecule has 0 bridgehead atoms. The van der Waals surface area contributed by atoms with E-state index in [-0.39, 0.29) is 27.8 Å². The van der Waals surface area contributed by atoms with E-state index >= 15 is 0 Å². The van der Waals surface area contributed by atoms with Gasteiger partial charge in [0.1, 0.15) is 4.90 Å². The van der Waals surface area contributed by atoms with Crippen LogP contribution in [0.5, 0.6) is 0 Å². The molecule has 3 aromatic rings. The summed E-state index contributed by atoms with van der Waals surface area (Å²) in [5.74, 6) is -0.410. The van der Waals surface area contributed by atoms with Crippen LogP contribution >= 0.6 is 0 Å². The number of aromatic nitrogens is 2. The Hall–Kier alpha value is -3.04. The molecule has 8 nitrogen and oxygen atoms in total. The molecule has 1 amide bonds. The Morgan fingerprint density at radius 3 is 2.33 bits per heavy atom. The maximum atomic E-state index is 13.3. The highest BCUT2D eigenvalue weighted by Gasteiger charge is 2.29. The highest BCUT2D eigenvalue weighted by Crippen LogP contribution is 2.27. The van der Waals surface area contributed by atoms with Crippen molar-refractivity contribution >= 4 is 32.4 Å². The molecule has 0 aliphatic carbocycles. The van der Waals surface area contributed by atoms with E-state index in [9.17, 15) is 18.0 Å². The van der Waals surface area contributed by atoms with Gasteiger partial charge in [-0.1, -0.05) is 50.6 Å². The summed E-state index contributed by atoms with van der Waals surface area (Å²) in [6.07, 6.45) is 2.65. The lowest BCUT2D eigenvalue weighted by Crippen LogP contribution is -2.36. The van der Waals surface area contributed by atoms with Gasteiger partial charge in [-0.3, -0.25) is 9.59 Å². The zero-order valence-corrected chi connectivity index (χ0v) is 19.6. The number of nitrogens with zero attached hydrogens (tertiary/aromatic N) is 3. The molecule has 2 aromatic carbocycles. The fourth-order valence-corrected chi connectivity index (χ4v) is 5.76. The average Bonchev–Trinajstić information content (AvgIpc) is 2.81. The van der Waals surface area contributed by atoms with Crippen LogP contribution in [0.3, 0.4) is 0 Å². The number of carbonyl (C=O) groups excluding carboxylic acids is 1. The summed E-state index contributed by atoms with van der Waals surface area (Å²) < 4.78 is 29.3. The van der Waals surface area contributed by atoms with Gasteiger partial charge in [0.05, 0.1) is 11.1 Å². The number of fused-ring (bicyclic) bond motifs is 1. The quantitative estimate of drug-likeness (QED) is 0.597. The lowest BCUT2D eigenvalue weighted by molar-refractivity contribution is 0.102. The number of carbonyl (C=O) groups is 1. The van der Waals surface area contributed by atoms with Crippen molar-refractivity contribution in [3.8, 4) is 0 Å². The third-order valence-corrected chi connectivity index (χ3v) is 7.65. The van der Waals surface area contributed by atoms with E-state index in [0.29, 0.717) is 30.4 Å². The van der Waals surface area contributed by atoms with Crippen molar-refractivity contribution in [3.05, 3.63) is 64.6 Å². The molecule has 1 saturated heterocycles. The largest absolute Gasteiger partial charge is 0.319 e. The molecule has 4 rings (SSSR count). The zero-order valence-electron chi connectivity index (χ0n) is 18.8. The second-order valence-electron chi connectivity index (χ2n) is 8.69. The molecule has 1 fully saturated rings. The maximum Gasteiger partial charge on any atom is 0.276 e. The van der Waals surface area contributed by atoms with Gasteiger partial charge in [0, 0.05) is 25.0 Å². The van der Waals surface area contributed by atoms with Crippen LogP contribution in [-0.2, 0) is 16.6 Å². The molecule has 33 heavy (non-hydrogen) atoms. The van der Waals surface area contributed by atoms with E-state index in [0.717, 1.165) is 19.3 Å². The van der Waals surface area contributed by atoms with Crippen LogP contribution in [0.15, 0.2) is 58.2 Å². The number of benzene rings is 2. The number of amides is 1. The van der Waals surface area contributed by atoms with Gasteiger partial charge in [-0.05, 0) is 37.0 Å². The van der Waals surface area contributed by atoms with Crippen LogP contribution < -0.4 is 10.9 Å². The molecule has 1 aliphatic rings. The van der Waals surface area contributed by atoms with Crippen LogP contribution in [0.2, 0.25) is 0 Å². The number of hydrogen-bond acceptors (Lipinski definition) is 5. The molecule has 0 atom stereocenters. The summed E-state index contributed by atoms with van der Waals surface area (Å²) in [7, 11) is -3.75. The summed E-state index contributed by atoms with van der Waals surface area (Å²) in [6.45, 7) is 5.23. The number of piperidine rings is 1. The first kappa shape index (κ1) is 23.1. The van der Waals surface area contributed by atoms with Crippen molar-refractivity contribution in [2.24, 2.45) is 5.92 Å². The number of para-hydroxylation sites is 1. The van der Waals surface area contributed by atoms with E-state index in [4.69, 9.17) is 0 Å². The smallest absolute Gasteiger partial charge is 0.276 e. The summed E-state index contributed by atoms with van der Waals surface area (Å²) >= 11 is 0. The van der Waals surface area contributed by atoms with Crippen LogP contribution in [-0.4, -0.2) is 41.5 Å². The Bertz CT molecular complexity index is 1340. The van der Waals surface area contributed by atoms with E-state index in [1.165, 1.54) is 15.1 Å². The van der Waals surface area contributed by atoms with Crippen molar-refractivity contribution in [2.75, 3.05) is 18.4 Å². The Morgan fingerprint density at radius 2 is 1.64 bits per heavy atom. The Labute approximate surface area is 193 Å². The summed E-state index contributed by atoms with van der Waals surface area (Å²) in [6, 6.07) is 13.2. The molecule has 1 aliphatic heterocycles. The molecule has 9 heteroatoms. The van der Waals surface area contributed by atoms with Crippen molar-refractivity contribution in [3.63, 3.8) is 0 Å². The van der Waals surface area contributed by atoms with Gasteiger partial charge in [-0.2, -0.15) is 9.40 Å². The van der Waals surface area contributed by atoms with Crippen LogP contribution in [0.25, 0.3) is 10.8 Å². The molecule has 1 aromatic heterocycles. The predicted molar refractivity (Wildman–Crippen MR) is 128 cm³/mol. The molecule has 0 radical (unpaired) electrons. The minimum absolute atomic E-state index is 0.0556.